The first-order chi connectivity index (χ1) is 18.3. The Kier molecular flexibility index (Phi) is 6.13. The van der Waals surface area contributed by atoms with Crippen LogP contribution in [0.3, 0.4) is 0 Å². The molecule has 4 heteroatoms. The van der Waals surface area contributed by atoms with Crippen LogP contribution in [-0.2, 0) is 15.1 Å². The predicted molar refractivity (Wildman–Crippen MR) is 150 cm³/mol. The van der Waals surface area contributed by atoms with Crippen LogP contribution in [0.1, 0.15) is 56.3 Å². The number of Topliss-reactive ketones (excluding diaryl/α,β-unsaturated/α-hetero) is 1. The van der Waals surface area contributed by atoms with Crippen molar-refractivity contribution in [3.8, 4) is 12.3 Å². The number of ether oxygens (including phenoxy) is 1. The number of allylic oxidation sites excluding steroid dienone is 3. The zero-order chi connectivity index (χ0) is 26.7. The molecule has 2 aromatic carbocycles. The Hall–Kier alpha value is -3.13. The van der Waals surface area contributed by atoms with Gasteiger partial charge in [0, 0.05) is 43.1 Å². The fourth-order valence-electron chi connectivity index (χ4n) is 7.62. The average molecular weight is 508 g/mol. The number of hydrogen-bond donors (Lipinski definition) is 1. The topological polar surface area (TPSA) is 49.8 Å². The first kappa shape index (κ1) is 25.2. The number of fused-ring (bicyclic) bond motifs is 4. The zero-order valence-electron chi connectivity index (χ0n) is 22.6. The molecule has 38 heavy (non-hydrogen) atoms. The summed E-state index contributed by atoms with van der Waals surface area (Å²) < 4.78 is 6.62. The van der Waals surface area contributed by atoms with Crippen LogP contribution in [-0.4, -0.2) is 31.6 Å². The molecule has 3 aliphatic carbocycles. The van der Waals surface area contributed by atoms with E-state index in [1.54, 1.807) is 0 Å². The van der Waals surface area contributed by atoms with Crippen LogP contribution in [0.4, 0.5) is 5.69 Å². The van der Waals surface area contributed by atoms with E-state index in [0.717, 1.165) is 52.8 Å². The molecule has 4 nitrogen and oxygen atoms in total. The lowest BCUT2D eigenvalue weighted by molar-refractivity contribution is -0.130. The van der Waals surface area contributed by atoms with Gasteiger partial charge in [-0.1, -0.05) is 55.5 Å². The van der Waals surface area contributed by atoms with Crippen LogP contribution in [0, 0.1) is 35.5 Å². The van der Waals surface area contributed by atoms with E-state index in [9.17, 15) is 9.90 Å². The standard InChI is InChI=1S/C34H37NO3/c1-5-22-13-16-28-27(22)17-18-34(37,24-9-7-6-8-10-24)32-31(28)29(36)19-25-20-30(38-21-33(25,32)2)23-11-14-26(15-12-23)35(3)4/h1,6-12,14-16,22,25,27,30,37H,13,17-21H2,2-4H3. The second-order valence-electron chi connectivity index (χ2n) is 12.1. The molecule has 0 saturated carbocycles. The number of terminal acetylenes is 1. The first-order valence-corrected chi connectivity index (χ1v) is 13.9. The largest absolute Gasteiger partial charge is 0.381 e. The molecule has 1 saturated heterocycles. The van der Waals surface area contributed by atoms with Gasteiger partial charge in [0.1, 0.15) is 5.60 Å². The van der Waals surface area contributed by atoms with E-state index in [0.29, 0.717) is 19.4 Å². The maximum absolute atomic E-state index is 14.1. The van der Waals surface area contributed by atoms with E-state index in [2.05, 4.69) is 48.1 Å². The molecule has 6 atom stereocenters. The van der Waals surface area contributed by atoms with Gasteiger partial charge in [-0.15, -0.1) is 12.3 Å². The molecule has 2 aromatic rings. The minimum Gasteiger partial charge on any atom is -0.381 e. The average Bonchev–Trinajstić information content (AvgIpc) is 3.28. The van der Waals surface area contributed by atoms with Crippen molar-refractivity contribution in [2.45, 2.75) is 50.7 Å². The maximum Gasteiger partial charge on any atom is 0.163 e. The van der Waals surface area contributed by atoms with E-state index in [1.807, 2.05) is 44.4 Å². The molecule has 0 amide bonds. The number of aliphatic hydroxyl groups is 1. The molecule has 0 spiro atoms. The SMILES string of the molecule is C#CC1CC=C2C3=C(C(O)(c4ccccc4)CCC21)C1(C)COC(c2ccc(N(C)C)cc2)CC1CC3=O. The Bertz CT molecular complexity index is 1350. The van der Waals surface area contributed by atoms with Crippen molar-refractivity contribution in [3.63, 3.8) is 0 Å². The Balaban J connectivity index is 1.45. The van der Waals surface area contributed by atoms with Gasteiger partial charge in [0.25, 0.3) is 0 Å². The molecule has 6 unspecified atom stereocenters. The maximum atomic E-state index is 14.1. The van der Waals surface area contributed by atoms with Crippen molar-refractivity contribution in [1.29, 1.82) is 0 Å². The Morgan fingerprint density at radius 1 is 1.11 bits per heavy atom. The third-order valence-electron chi connectivity index (χ3n) is 9.76. The molecule has 1 N–H and O–H groups in total. The summed E-state index contributed by atoms with van der Waals surface area (Å²) in [4.78, 5) is 16.2. The number of benzene rings is 2. The highest BCUT2D eigenvalue weighted by molar-refractivity contribution is 6.02. The van der Waals surface area contributed by atoms with Crippen LogP contribution in [0.2, 0.25) is 0 Å². The Morgan fingerprint density at radius 2 is 1.84 bits per heavy atom. The minimum absolute atomic E-state index is 0.0703. The summed E-state index contributed by atoms with van der Waals surface area (Å²) in [6, 6.07) is 18.4. The number of rotatable bonds is 3. The van der Waals surface area contributed by atoms with Crippen molar-refractivity contribution in [2.75, 3.05) is 25.6 Å². The van der Waals surface area contributed by atoms with Crippen LogP contribution in [0.15, 0.2) is 77.4 Å². The number of ketones is 1. The van der Waals surface area contributed by atoms with Gasteiger partial charge in [0.05, 0.1) is 12.7 Å². The Morgan fingerprint density at radius 3 is 2.53 bits per heavy atom. The van der Waals surface area contributed by atoms with Gasteiger partial charge in [-0.3, -0.25) is 4.79 Å². The molecule has 0 aromatic heterocycles. The summed E-state index contributed by atoms with van der Waals surface area (Å²) in [6.07, 6.45) is 11.4. The molecule has 196 valence electrons. The fraction of sp³-hybridized carbons (Fsp3) is 0.441. The zero-order valence-corrected chi connectivity index (χ0v) is 22.6. The van der Waals surface area contributed by atoms with Gasteiger partial charge in [-0.25, -0.2) is 0 Å². The van der Waals surface area contributed by atoms with E-state index >= 15 is 0 Å². The van der Waals surface area contributed by atoms with Crippen molar-refractivity contribution < 1.29 is 14.6 Å². The molecule has 0 bridgehead atoms. The van der Waals surface area contributed by atoms with Gasteiger partial charge in [0.15, 0.2) is 5.78 Å². The Labute approximate surface area is 226 Å². The highest BCUT2D eigenvalue weighted by Gasteiger charge is 2.58. The minimum atomic E-state index is -1.24. The first-order valence-electron chi connectivity index (χ1n) is 13.9. The summed E-state index contributed by atoms with van der Waals surface area (Å²) in [5.41, 5.74) is 4.11. The van der Waals surface area contributed by atoms with Gasteiger partial charge < -0.3 is 14.7 Å². The summed E-state index contributed by atoms with van der Waals surface area (Å²) in [5, 5.41) is 12.7. The number of carbonyl (C=O) groups excluding carboxylic acids is 1. The highest BCUT2D eigenvalue weighted by Crippen LogP contribution is 2.61. The summed E-state index contributed by atoms with van der Waals surface area (Å²) >= 11 is 0. The van der Waals surface area contributed by atoms with Crippen LogP contribution in [0.5, 0.6) is 0 Å². The molecule has 1 heterocycles. The molecule has 1 aliphatic heterocycles. The van der Waals surface area contributed by atoms with Crippen molar-refractivity contribution >= 4 is 11.5 Å². The van der Waals surface area contributed by atoms with Crippen LogP contribution >= 0.6 is 0 Å². The van der Waals surface area contributed by atoms with Gasteiger partial charge in [0.2, 0.25) is 0 Å². The highest BCUT2D eigenvalue weighted by atomic mass is 16.5. The van der Waals surface area contributed by atoms with E-state index in [1.165, 1.54) is 0 Å². The lowest BCUT2D eigenvalue weighted by Gasteiger charge is -2.53. The van der Waals surface area contributed by atoms with E-state index in [-0.39, 0.29) is 29.6 Å². The van der Waals surface area contributed by atoms with E-state index in [4.69, 9.17) is 11.2 Å². The predicted octanol–water partition coefficient (Wildman–Crippen LogP) is 5.98. The third kappa shape index (κ3) is 3.79. The monoisotopic (exact) mass is 507 g/mol. The third-order valence-corrected chi connectivity index (χ3v) is 9.76. The second-order valence-corrected chi connectivity index (χ2v) is 12.1. The quantitative estimate of drug-likeness (QED) is 0.519. The number of hydrogen-bond acceptors (Lipinski definition) is 4. The fourth-order valence-corrected chi connectivity index (χ4v) is 7.62. The van der Waals surface area contributed by atoms with Gasteiger partial charge >= 0.3 is 0 Å². The lowest BCUT2D eigenvalue weighted by atomic mass is 9.56. The lowest BCUT2D eigenvalue weighted by Crippen LogP contribution is -2.51. The van der Waals surface area contributed by atoms with E-state index < -0.39 is 11.0 Å². The summed E-state index contributed by atoms with van der Waals surface area (Å²) in [6.45, 7) is 2.68. The number of carbonyl (C=O) groups is 1. The number of nitrogens with zero attached hydrogens (tertiary/aromatic N) is 1. The molecule has 1 fully saturated rings. The summed E-state index contributed by atoms with van der Waals surface area (Å²) in [7, 11) is 4.07. The van der Waals surface area contributed by atoms with Crippen molar-refractivity contribution in [3.05, 3.63) is 88.5 Å². The number of anilines is 1. The molecule has 4 aliphatic rings. The van der Waals surface area contributed by atoms with Crippen LogP contribution < -0.4 is 4.90 Å². The van der Waals surface area contributed by atoms with Crippen LogP contribution in [0.25, 0.3) is 0 Å². The smallest absolute Gasteiger partial charge is 0.163 e. The summed E-state index contributed by atoms with van der Waals surface area (Å²) in [5.74, 6) is 3.39. The molecular formula is C34H37NO3. The second kappa shape index (κ2) is 9.26. The van der Waals surface area contributed by atoms with Crippen molar-refractivity contribution in [2.24, 2.45) is 23.2 Å². The van der Waals surface area contributed by atoms with Crippen molar-refractivity contribution in [1.82, 2.24) is 0 Å². The van der Waals surface area contributed by atoms with Gasteiger partial charge in [-0.05, 0) is 71.9 Å². The molecule has 0 radical (unpaired) electrons. The molecule has 6 rings (SSSR count). The van der Waals surface area contributed by atoms with Gasteiger partial charge in [-0.2, -0.15) is 0 Å². The normalized spacial score (nSPS) is 34.4. The molecular weight excluding hydrogens is 470 g/mol.